The second-order valence-corrected chi connectivity index (χ2v) is 3.99. The molecule has 0 aliphatic carbocycles. The number of rotatable bonds is 2. The Morgan fingerprint density at radius 3 is 2.53 bits per heavy atom. The maximum atomic E-state index is 13.3. The largest absolute Gasteiger partial charge is 0.436 e. The minimum atomic E-state index is -4.67. The fraction of sp³-hybridized carbons (Fsp3) is 0.200. The van der Waals surface area contributed by atoms with Crippen molar-refractivity contribution in [3.8, 4) is 5.69 Å². The number of hydrogen-bond donors (Lipinski definition) is 0. The Labute approximate surface area is 109 Å². The summed E-state index contributed by atoms with van der Waals surface area (Å²) in [7, 11) is 0. The molecule has 19 heavy (non-hydrogen) atoms. The maximum Gasteiger partial charge on any atom is 0.436 e. The van der Waals surface area contributed by atoms with Crippen LogP contribution in [-0.4, -0.2) is 15.0 Å². The molecule has 0 N–H and O–H groups in total. The van der Waals surface area contributed by atoms with Crippen molar-refractivity contribution in [3.63, 3.8) is 0 Å². The molecule has 0 amide bonds. The van der Waals surface area contributed by atoms with Crippen LogP contribution in [0, 0.1) is 5.82 Å². The zero-order valence-electron chi connectivity index (χ0n) is 9.08. The number of aromatic nitrogens is 3. The highest BCUT2D eigenvalue weighted by atomic mass is 35.5. The third-order valence-corrected chi connectivity index (χ3v) is 2.60. The van der Waals surface area contributed by atoms with Crippen LogP contribution >= 0.6 is 11.6 Å². The van der Waals surface area contributed by atoms with Crippen molar-refractivity contribution in [2.45, 2.75) is 12.8 Å². The summed E-state index contributed by atoms with van der Waals surface area (Å²) >= 11 is 5.49. The molecule has 9 heteroatoms. The van der Waals surface area contributed by atoms with Crippen molar-refractivity contribution >= 4 is 11.6 Å². The first kappa shape index (κ1) is 13.8. The van der Waals surface area contributed by atoms with Crippen LogP contribution in [0.2, 0.25) is 5.02 Å². The van der Waals surface area contributed by atoms with Crippen molar-refractivity contribution in [1.29, 1.82) is 0 Å². The molecule has 1 aromatic carbocycles. The summed E-state index contributed by atoms with van der Waals surface area (Å²) in [5.74, 6) is -0.863. The number of benzene rings is 1. The molecule has 0 atom stereocenters. The lowest BCUT2D eigenvalue weighted by Gasteiger charge is -2.07. The molecule has 1 aromatic heterocycles. The van der Waals surface area contributed by atoms with Crippen LogP contribution in [0.3, 0.4) is 0 Å². The SMILES string of the molecule is [O]Cc1cc(Cl)c(F)cc1-n1cc(C(F)(F)F)nn1. The summed E-state index contributed by atoms with van der Waals surface area (Å²) in [5, 5.41) is 16.8. The van der Waals surface area contributed by atoms with Gasteiger partial charge < -0.3 is 0 Å². The Balaban J connectivity index is 2.53. The second kappa shape index (κ2) is 4.78. The van der Waals surface area contributed by atoms with Gasteiger partial charge in [-0.3, -0.25) is 0 Å². The molecular formula is C10H5ClF4N3O. The van der Waals surface area contributed by atoms with Gasteiger partial charge in [-0.2, -0.15) is 13.2 Å². The first-order chi connectivity index (χ1) is 8.82. The molecule has 0 fully saturated rings. The van der Waals surface area contributed by atoms with E-state index in [0.717, 1.165) is 12.1 Å². The minimum Gasteiger partial charge on any atom is -0.231 e. The van der Waals surface area contributed by atoms with Gasteiger partial charge in [0.15, 0.2) is 5.69 Å². The van der Waals surface area contributed by atoms with E-state index in [1.807, 2.05) is 0 Å². The Kier molecular flexibility index (Phi) is 3.46. The molecule has 0 spiro atoms. The molecule has 0 bridgehead atoms. The molecule has 0 aliphatic heterocycles. The molecule has 2 rings (SSSR count). The number of nitrogens with zero attached hydrogens (tertiary/aromatic N) is 3. The summed E-state index contributed by atoms with van der Waals surface area (Å²) in [6, 6.07) is 1.89. The smallest absolute Gasteiger partial charge is 0.231 e. The first-order valence-corrected chi connectivity index (χ1v) is 5.26. The average Bonchev–Trinajstić information content (AvgIpc) is 2.81. The van der Waals surface area contributed by atoms with Gasteiger partial charge in [-0.15, -0.1) is 5.10 Å². The third-order valence-electron chi connectivity index (χ3n) is 2.31. The normalized spacial score (nSPS) is 11.9. The minimum absolute atomic E-state index is 0.0185. The van der Waals surface area contributed by atoms with Gasteiger partial charge in [0.05, 0.1) is 16.9 Å². The molecular weight excluding hydrogens is 290 g/mol. The van der Waals surface area contributed by atoms with Crippen LogP contribution in [0.25, 0.3) is 5.69 Å². The highest BCUT2D eigenvalue weighted by Crippen LogP contribution is 2.28. The molecule has 0 aliphatic rings. The van der Waals surface area contributed by atoms with E-state index in [1.54, 1.807) is 0 Å². The van der Waals surface area contributed by atoms with Crippen molar-refractivity contribution in [2.24, 2.45) is 0 Å². The quantitative estimate of drug-likeness (QED) is 0.799. The van der Waals surface area contributed by atoms with Gasteiger partial charge in [0.25, 0.3) is 0 Å². The van der Waals surface area contributed by atoms with Gasteiger partial charge in [-0.1, -0.05) is 16.8 Å². The fourth-order valence-corrected chi connectivity index (χ4v) is 1.60. The van der Waals surface area contributed by atoms with Crippen molar-refractivity contribution < 1.29 is 22.7 Å². The molecule has 0 unspecified atom stereocenters. The Bertz CT molecular complexity index is 611. The van der Waals surface area contributed by atoms with E-state index in [2.05, 4.69) is 10.3 Å². The maximum absolute atomic E-state index is 13.3. The van der Waals surface area contributed by atoms with Gasteiger partial charge in [0, 0.05) is 11.6 Å². The average molecular weight is 295 g/mol. The second-order valence-electron chi connectivity index (χ2n) is 3.59. The van der Waals surface area contributed by atoms with Gasteiger partial charge in [-0.05, 0) is 6.07 Å². The lowest BCUT2D eigenvalue weighted by atomic mass is 10.2. The molecule has 0 saturated heterocycles. The fourth-order valence-electron chi connectivity index (χ4n) is 1.42. The van der Waals surface area contributed by atoms with E-state index in [0.29, 0.717) is 10.9 Å². The van der Waals surface area contributed by atoms with Gasteiger partial charge >= 0.3 is 6.18 Å². The lowest BCUT2D eigenvalue weighted by Crippen LogP contribution is -2.05. The Hall–Kier alpha value is -1.67. The summed E-state index contributed by atoms with van der Waals surface area (Å²) in [6.45, 7) is -0.781. The van der Waals surface area contributed by atoms with Crippen LogP contribution in [0.4, 0.5) is 17.6 Å². The monoisotopic (exact) mass is 294 g/mol. The van der Waals surface area contributed by atoms with Crippen LogP contribution in [0.1, 0.15) is 11.3 Å². The predicted octanol–water partition coefficient (Wildman–Crippen LogP) is 3.01. The number of alkyl halides is 3. The summed E-state index contributed by atoms with van der Waals surface area (Å²) < 4.78 is 51.1. The first-order valence-electron chi connectivity index (χ1n) is 4.89. The zero-order chi connectivity index (χ0) is 14.2. The van der Waals surface area contributed by atoms with Crippen LogP contribution in [-0.2, 0) is 17.9 Å². The van der Waals surface area contributed by atoms with Crippen LogP contribution in [0.15, 0.2) is 18.3 Å². The van der Waals surface area contributed by atoms with Gasteiger partial charge in [0.1, 0.15) is 12.4 Å². The molecule has 0 saturated carbocycles. The summed E-state index contributed by atoms with van der Waals surface area (Å²) in [5.41, 5.74) is -1.34. The summed E-state index contributed by atoms with van der Waals surface area (Å²) in [6.07, 6.45) is -4.09. The molecule has 1 heterocycles. The standard InChI is InChI=1S/C10H5ClF4N3O/c11-6-1-5(4-19)8(2-7(6)12)18-3-9(16-17-18)10(13,14)15/h1-3H,4H2. The molecule has 4 nitrogen and oxygen atoms in total. The third kappa shape index (κ3) is 2.69. The van der Waals surface area contributed by atoms with Crippen molar-refractivity contribution in [2.75, 3.05) is 0 Å². The van der Waals surface area contributed by atoms with E-state index >= 15 is 0 Å². The topological polar surface area (TPSA) is 50.6 Å². The van der Waals surface area contributed by atoms with E-state index in [4.69, 9.17) is 11.6 Å². The lowest BCUT2D eigenvalue weighted by molar-refractivity contribution is -0.141. The Morgan fingerprint density at radius 1 is 1.32 bits per heavy atom. The predicted molar refractivity (Wildman–Crippen MR) is 55.7 cm³/mol. The molecule has 1 radical (unpaired) electrons. The van der Waals surface area contributed by atoms with E-state index < -0.39 is 24.3 Å². The Morgan fingerprint density at radius 2 is 2.00 bits per heavy atom. The highest BCUT2D eigenvalue weighted by molar-refractivity contribution is 6.30. The highest BCUT2D eigenvalue weighted by Gasteiger charge is 2.34. The molecule has 2 aromatic rings. The molecule has 101 valence electrons. The van der Waals surface area contributed by atoms with Crippen LogP contribution < -0.4 is 0 Å². The van der Waals surface area contributed by atoms with Crippen LogP contribution in [0.5, 0.6) is 0 Å². The van der Waals surface area contributed by atoms with E-state index in [1.165, 1.54) is 0 Å². The zero-order valence-corrected chi connectivity index (χ0v) is 9.83. The number of halogens is 5. The van der Waals surface area contributed by atoms with E-state index in [9.17, 15) is 22.7 Å². The van der Waals surface area contributed by atoms with Crippen molar-refractivity contribution in [1.82, 2.24) is 15.0 Å². The van der Waals surface area contributed by atoms with E-state index in [-0.39, 0.29) is 16.3 Å². The van der Waals surface area contributed by atoms with Crippen molar-refractivity contribution in [3.05, 3.63) is 40.4 Å². The summed E-state index contributed by atoms with van der Waals surface area (Å²) in [4.78, 5) is 0. The number of hydrogen-bond acceptors (Lipinski definition) is 2. The van der Waals surface area contributed by atoms with Gasteiger partial charge in [0.2, 0.25) is 0 Å². The van der Waals surface area contributed by atoms with Gasteiger partial charge in [-0.25, -0.2) is 14.2 Å².